The Morgan fingerprint density at radius 3 is 1.36 bits per heavy atom. The molecule has 0 aliphatic carbocycles. The Bertz CT molecular complexity index is 1630. The van der Waals surface area contributed by atoms with Gasteiger partial charge in [-0.2, -0.15) is 10.2 Å². The number of benzene rings is 4. The molecule has 0 saturated carbocycles. The number of hydrogen-bond acceptors (Lipinski definition) is 7. The average Bonchev–Trinajstić information content (AvgIpc) is 3.76. The van der Waals surface area contributed by atoms with E-state index in [1.165, 1.54) is 13.8 Å². The molecule has 9 nitrogen and oxygen atoms in total. The van der Waals surface area contributed by atoms with Crippen molar-refractivity contribution in [3.05, 3.63) is 131 Å². The fourth-order valence-electron chi connectivity index (χ4n) is 5.99. The topological polar surface area (TPSA) is 93.0 Å². The lowest BCUT2D eigenvalue weighted by molar-refractivity contribution is -0.131. The Kier molecular flexibility index (Phi) is 10.0. The van der Waals surface area contributed by atoms with Gasteiger partial charge in [-0.15, -0.1) is 0 Å². The van der Waals surface area contributed by atoms with Crippen LogP contribution >= 0.6 is 0 Å². The van der Waals surface area contributed by atoms with Crippen LogP contribution in [-0.4, -0.2) is 59.7 Å². The van der Waals surface area contributed by atoms with Crippen LogP contribution in [0.4, 0.5) is 0 Å². The lowest BCUT2D eigenvalue weighted by Crippen LogP contribution is -2.25. The van der Waals surface area contributed by atoms with Crippen molar-refractivity contribution in [1.29, 1.82) is 0 Å². The maximum atomic E-state index is 12.5. The van der Waals surface area contributed by atoms with Gasteiger partial charge in [0.1, 0.15) is 24.7 Å². The third kappa shape index (κ3) is 7.42. The number of rotatable bonds is 12. The maximum absolute atomic E-state index is 12.5. The van der Waals surface area contributed by atoms with E-state index in [1.54, 1.807) is 10.0 Å². The highest BCUT2D eigenvalue weighted by Crippen LogP contribution is 2.38. The first-order valence-electron chi connectivity index (χ1n) is 15.9. The van der Waals surface area contributed by atoms with Gasteiger partial charge >= 0.3 is 0 Å². The Morgan fingerprint density at radius 1 is 0.574 bits per heavy atom. The van der Waals surface area contributed by atoms with Crippen molar-refractivity contribution in [2.24, 2.45) is 10.2 Å². The van der Waals surface area contributed by atoms with E-state index in [0.29, 0.717) is 50.8 Å². The summed E-state index contributed by atoms with van der Waals surface area (Å²) in [6.45, 7) is 4.46. The smallest absolute Gasteiger partial charge is 0.240 e. The summed E-state index contributed by atoms with van der Waals surface area (Å²) in [5.41, 5.74) is 5.56. The Morgan fingerprint density at radius 2 is 0.957 bits per heavy atom. The highest BCUT2D eigenvalue weighted by Gasteiger charge is 2.34. The summed E-state index contributed by atoms with van der Waals surface area (Å²) in [5, 5.41) is 12.4. The van der Waals surface area contributed by atoms with E-state index < -0.39 is 0 Å². The van der Waals surface area contributed by atoms with E-state index in [4.69, 9.17) is 14.2 Å². The van der Waals surface area contributed by atoms with Gasteiger partial charge in [0.25, 0.3) is 0 Å². The van der Waals surface area contributed by atoms with Crippen LogP contribution in [0, 0.1) is 0 Å². The average molecular weight is 631 g/mol. The van der Waals surface area contributed by atoms with Gasteiger partial charge in [-0.05, 0) is 23.3 Å². The molecule has 2 heterocycles. The third-order valence-electron chi connectivity index (χ3n) is 8.21. The quantitative estimate of drug-likeness (QED) is 0.166. The van der Waals surface area contributed by atoms with E-state index in [2.05, 4.69) is 10.2 Å². The van der Waals surface area contributed by atoms with Gasteiger partial charge in [0.15, 0.2) is 0 Å². The van der Waals surface area contributed by atoms with E-state index in [-0.39, 0.29) is 23.9 Å². The van der Waals surface area contributed by atoms with Crippen LogP contribution in [0.15, 0.2) is 119 Å². The van der Waals surface area contributed by atoms with Gasteiger partial charge in [0.2, 0.25) is 11.8 Å². The van der Waals surface area contributed by atoms with Gasteiger partial charge in [-0.25, -0.2) is 10.0 Å². The normalized spacial score (nSPS) is 17.3. The van der Waals surface area contributed by atoms with Crippen LogP contribution in [0.25, 0.3) is 0 Å². The Balaban J connectivity index is 1.01. The zero-order valence-electron chi connectivity index (χ0n) is 26.6. The molecule has 0 fully saturated rings. The van der Waals surface area contributed by atoms with Crippen molar-refractivity contribution in [3.63, 3.8) is 0 Å². The molecule has 2 unspecified atom stereocenters. The standard InChI is InChI=1S/C38H38N4O5/c1-27(43)41-35(25-33(39-41)29-13-5-3-6-14-29)31-17-9-11-19-37(31)46-23-21-45-22-24-47-38-20-12-10-18-32(38)36-26-34(40-42(36)28(2)44)30-15-7-4-8-16-30/h3-20,35-36H,21-26H2,1-2H3. The molecule has 2 aliphatic rings. The second-order valence-corrected chi connectivity index (χ2v) is 11.4. The van der Waals surface area contributed by atoms with Crippen molar-refractivity contribution in [2.75, 3.05) is 26.4 Å². The highest BCUT2D eigenvalue weighted by molar-refractivity contribution is 6.03. The number of ether oxygens (including phenoxy) is 3. The molecule has 0 aromatic heterocycles. The van der Waals surface area contributed by atoms with Gasteiger partial charge in [0, 0.05) is 37.8 Å². The summed E-state index contributed by atoms with van der Waals surface area (Å²) in [4.78, 5) is 25.0. The molecule has 2 amide bonds. The number of hydrogen-bond donors (Lipinski definition) is 0. The summed E-state index contributed by atoms with van der Waals surface area (Å²) in [6.07, 6.45) is 1.20. The molecule has 0 saturated heterocycles. The number of amides is 2. The van der Waals surface area contributed by atoms with Gasteiger partial charge in [-0.3, -0.25) is 9.59 Å². The van der Waals surface area contributed by atoms with Crippen LogP contribution in [0.5, 0.6) is 11.5 Å². The second-order valence-electron chi connectivity index (χ2n) is 11.4. The van der Waals surface area contributed by atoms with Gasteiger partial charge in [-0.1, -0.05) is 97.1 Å². The fourth-order valence-corrected chi connectivity index (χ4v) is 5.99. The van der Waals surface area contributed by atoms with Crippen molar-refractivity contribution in [1.82, 2.24) is 10.0 Å². The number of hydrazone groups is 2. The molecule has 0 radical (unpaired) electrons. The van der Waals surface area contributed by atoms with Crippen LogP contribution in [-0.2, 0) is 14.3 Å². The largest absolute Gasteiger partial charge is 0.491 e. The van der Waals surface area contributed by atoms with Crippen LogP contribution in [0.3, 0.4) is 0 Å². The fraction of sp³-hybridized carbons (Fsp3) is 0.263. The molecule has 4 aromatic rings. The molecule has 4 aromatic carbocycles. The molecule has 9 heteroatoms. The molecular weight excluding hydrogens is 592 g/mol. The van der Waals surface area contributed by atoms with Crippen molar-refractivity contribution in [3.8, 4) is 11.5 Å². The first-order chi connectivity index (χ1) is 23.0. The molecule has 240 valence electrons. The molecule has 6 rings (SSSR count). The first kappa shape index (κ1) is 31.7. The lowest BCUT2D eigenvalue weighted by atomic mass is 9.97. The van der Waals surface area contributed by atoms with E-state index in [9.17, 15) is 9.59 Å². The zero-order valence-corrected chi connectivity index (χ0v) is 26.6. The van der Waals surface area contributed by atoms with Crippen molar-refractivity contribution in [2.45, 2.75) is 38.8 Å². The van der Waals surface area contributed by atoms with E-state index in [1.807, 2.05) is 109 Å². The minimum atomic E-state index is -0.249. The summed E-state index contributed by atoms with van der Waals surface area (Å²) in [6, 6.07) is 34.9. The monoisotopic (exact) mass is 630 g/mol. The molecule has 47 heavy (non-hydrogen) atoms. The summed E-state index contributed by atoms with van der Waals surface area (Å²) < 4.78 is 18.1. The van der Waals surface area contributed by atoms with Crippen molar-refractivity contribution >= 4 is 23.2 Å². The molecule has 0 N–H and O–H groups in total. The van der Waals surface area contributed by atoms with E-state index >= 15 is 0 Å². The molecule has 0 spiro atoms. The number of carbonyl (C=O) groups is 2. The van der Waals surface area contributed by atoms with Gasteiger partial charge in [0.05, 0.1) is 36.7 Å². The minimum Gasteiger partial charge on any atom is -0.491 e. The maximum Gasteiger partial charge on any atom is 0.240 e. The minimum absolute atomic E-state index is 0.119. The Hall–Kier alpha value is -5.28. The lowest BCUT2D eigenvalue weighted by Gasteiger charge is -2.23. The molecule has 2 atom stereocenters. The van der Waals surface area contributed by atoms with Crippen LogP contribution < -0.4 is 9.47 Å². The summed E-state index contributed by atoms with van der Waals surface area (Å²) in [7, 11) is 0. The number of nitrogens with zero attached hydrogens (tertiary/aromatic N) is 4. The van der Waals surface area contributed by atoms with Crippen LogP contribution in [0.1, 0.15) is 61.0 Å². The Labute approximate surface area is 275 Å². The zero-order chi connectivity index (χ0) is 32.6. The predicted octanol–water partition coefficient (Wildman–Crippen LogP) is 6.56. The van der Waals surface area contributed by atoms with E-state index in [0.717, 1.165) is 33.7 Å². The highest BCUT2D eigenvalue weighted by atomic mass is 16.5. The van der Waals surface area contributed by atoms with Crippen LogP contribution in [0.2, 0.25) is 0 Å². The van der Waals surface area contributed by atoms with Crippen molar-refractivity contribution < 1.29 is 23.8 Å². The number of para-hydroxylation sites is 2. The molecule has 2 aliphatic heterocycles. The summed E-state index contributed by atoms with van der Waals surface area (Å²) >= 11 is 0. The SMILES string of the molecule is CC(=O)N1N=C(c2ccccc2)CC1c1ccccc1OCCOCCOc1ccccc1C1CC(c2ccccc2)=NN1C(C)=O. The number of carbonyl (C=O) groups excluding carboxylic acids is 2. The first-order valence-corrected chi connectivity index (χ1v) is 15.9. The molecule has 0 bridgehead atoms. The third-order valence-corrected chi connectivity index (χ3v) is 8.21. The summed E-state index contributed by atoms with van der Waals surface area (Å²) in [5.74, 6) is 1.16. The second kappa shape index (κ2) is 14.9. The predicted molar refractivity (Wildman–Crippen MR) is 180 cm³/mol. The van der Waals surface area contributed by atoms with Gasteiger partial charge < -0.3 is 14.2 Å². The molecular formula is C38H38N4O5.